The van der Waals surface area contributed by atoms with Crippen LogP contribution in [0.15, 0.2) is 11.4 Å². The maximum atomic E-state index is 12.2. The van der Waals surface area contributed by atoms with Crippen molar-refractivity contribution in [2.45, 2.75) is 39.7 Å². The summed E-state index contributed by atoms with van der Waals surface area (Å²) in [5.41, 5.74) is 1.15. The maximum absolute atomic E-state index is 12.2. The highest BCUT2D eigenvalue weighted by molar-refractivity contribution is 9.09. The average molecular weight is 318 g/mol. The van der Waals surface area contributed by atoms with Crippen LogP contribution in [0, 0.1) is 5.92 Å². The number of thiophene rings is 1. The van der Waals surface area contributed by atoms with Crippen molar-refractivity contribution in [1.29, 1.82) is 0 Å². The van der Waals surface area contributed by atoms with Crippen LogP contribution in [0.4, 0.5) is 0 Å². The summed E-state index contributed by atoms with van der Waals surface area (Å²) in [5, 5.41) is 6.04. The van der Waals surface area contributed by atoms with Gasteiger partial charge in [0, 0.05) is 11.4 Å². The van der Waals surface area contributed by atoms with Crippen LogP contribution in [0.1, 0.15) is 42.4 Å². The number of carbonyl (C=O) groups is 1. The molecule has 1 unspecified atom stereocenters. The third-order valence-corrected chi connectivity index (χ3v) is 4.29. The molecule has 0 bridgehead atoms. The molecule has 0 saturated heterocycles. The minimum Gasteiger partial charge on any atom is -0.348 e. The van der Waals surface area contributed by atoms with Crippen LogP contribution < -0.4 is 5.32 Å². The zero-order chi connectivity index (χ0) is 12.8. The first kappa shape index (κ1) is 14.7. The van der Waals surface area contributed by atoms with E-state index in [0.29, 0.717) is 5.92 Å². The minimum atomic E-state index is 0.0801. The zero-order valence-corrected chi connectivity index (χ0v) is 13.0. The Bertz CT molecular complexity index is 362. The molecule has 1 atom stereocenters. The van der Waals surface area contributed by atoms with Crippen molar-refractivity contribution in [3.05, 3.63) is 21.9 Å². The molecule has 0 radical (unpaired) electrons. The molecule has 0 fully saturated rings. The van der Waals surface area contributed by atoms with Gasteiger partial charge in [0.05, 0.1) is 4.88 Å². The van der Waals surface area contributed by atoms with E-state index in [9.17, 15) is 4.79 Å². The summed E-state index contributed by atoms with van der Waals surface area (Å²) >= 11 is 4.97. The number of carbonyl (C=O) groups excluding carboxylic acids is 1. The summed E-state index contributed by atoms with van der Waals surface area (Å²) in [7, 11) is 0. The van der Waals surface area contributed by atoms with Crippen molar-refractivity contribution in [3.63, 3.8) is 0 Å². The van der Waals surface area contributed by atoms with Gasteiger partial charge in [0.15, 0.2) is 0 Å². The second-order valence-electron chi connectivity index (χ2n) is 4.43. The van der Waals surface area contributed by atoms with Gasteiger partial charge in [-0.15, -0.1) is 11.3 Å². The molecule has 2 nitrogen and oxygen atoms in total. The van der Waals surface area contributed by atoms with Gasteiger partial charge >= 0.3 is 0 Å². The molecule has 1 heterocycles. The van der Waals surface area contributed by atoms with Gasteiger partial charge in [-0.25, -0.2) is 0 Å². The van der Waals surface area contributed by atoms with Crippen LogP contribution in [-0.4, -0.2) is 17.3 Å². The van der Waals surface area contributed by atoms with E-state index in [4.69, 9.17) is 0 Å². The van der Waals surface area contributed by atoms with Crippen molar-refractivity contribution >= 4 is 33.2 Å². The summed E-state index contributed by atoms with van der Waals surface area (Å²) in [6.45, 7) is 6.36. The molecule has 1 amide bonds. The summed E-state index contributed by atoms with van der Waals surface area (Å²) in [6, 6.07) is 2.28. The van der Waals surface area contributed by atoms with Crippen molar-refractivity contribution in [1.82, 2.24) is 5.32 Å². The standard InChI is InChI=1S/C13H20BrNOS/c1-4-10-6-8-17-12(10)13(16)15-11(5-7-14)9(2)3/h6,8-9,11H,4-5,7H2,1-3H3,(H,15,16). The summed E-state index contributed by atoms with van der Waals surface area (Å²) in [6.07, 6.45) is 1.88. The zero-order valence-electron chi connectivity index (χ0n) is 10.6. The Kier molecular flexibility index (Phi) is 6.20. The van der Waals surface area contributed by atoms with Gasteiger partial charge in [-0.3, -0.25) is 4.79 Å². The van der Waals surface area contributed by atoms with Crippen molar-refractivity contribution in [2.24, 2.45) is 5.92 Å². The molecule has 1 rings (SSSR count). The third-order valence-electron chi connectivity index (χ3n) is 2.88. The number of amides is 1. The number of halogens is 1. The maximum Gasteiger partial charge on any atom is 0.261 e. The Labute approximate surface area is 116 Å². The molecule has 0 saturated carbocycles. The Hall–Kier alpha value is -0.350. The number of alkyl halides is 1. The van der Waals surface area contributed by atoms with E-state index in [1.807, 2.05) is 11.4 Å². The van der Waals surface area contributed by atoms with E-state index >= 15 is 0 Å². The van der Waals surface area contributed by atoms with Crippen LogP contribution in [0.2, 0.25) is 0 Å². The lowest BCUT2D eigenvalue weighted by molar-refractivity contribution is 0.0928. The number of rotatable bonds is 6. The molecule has 0 aliphatic rings. The Morgan fingerprint density at radius 1 is 1.53 bits per heavy atom. The van der Waals surface area contributed by atoms with Crippen LogP contribution in [0.5, 0.6) is 0 Å². The lowest BCUT2D eigenvalue weighted by atomic mass is 10.0. The first-order valence-corrected chi connectivity index (χ1v) is 8.03. The lowest BCUT2D eigenvalue weighted by Crippen LogP contribution is -2.38. The third kappa shape index (κ3) is 4.11. The predicted octanol–water partition coefficient (Wildman–Crippen LogP) is 3.85. The average Bonchev–Trinajstić information content (AvgIpc) is 2.76. The van der Waals surface area contributed by atoms with Gasteiger partial charge in [-0.2, -0.15) is 0 Å². The summed E-state index contributed by atoms with van der Waals surface area (Å²) < 4.78 is 0. The van der Waals surface area contributed by atoms with Gasteiger partial charge in [0.2, 0.25) is 0 Å². The topological polar surface area (TPSA) is 29.1 Å². The fraction of sp³-hybridized carbons (Fsp3) is 0.615. The highest BCUT2D eigenvalue weighted by Crippen LogP contribution is 2.18. The van der Waals surface area contributed by atoms with Gasteiger partial charge in [-0.05, 0) is 35.8 Å². The fourth-order valence-electron chi connectivity index (χ4n) is 1.74. The number of hydrogen-bond acceptors (Lipinski definition) is 2. The van der Waals surface area contributed by atoms with Gasteiger partial charge < -0.3 is 5.32 Å². The van der Waals surface area contributed by atoms with Crippen LogP contribution in [-0.2, 0) is 6.42 Å². The smallest absolute Gasteiger partial charge is 0.261 e. The Morgan fingerprint density at radius 2 is 2.24 bits per heavy atom. The highest BCUT2D eigenvalue weighted by Gasteiger charge is 2.18. The first-order chi connectivity index (χ1) is 8.10. The largest absolute Gasteiger partial charge is 0.348 e. The fourth-order valence-corrected chi connectivity index (χ4v) is 3.13. The first-order valence-electron chi connectivity index (χ1n) is 6.03. The number of aryl methyl sites for hydroxylation is 1. The van der Waals surface area contributed by atoms with Crippen molar-refractivity contribution in [3.8, 4) is 0 Å². The molecule has 0 aliphatic heterocycles. The molecule has 0 spiro atoms. The molecular formula is C13H20BrNOS. The van der Waals surface area contributed by atoms with Gasteiger partial charge in [0.25, 0.3) is 5.91 Å². The Balaban J connectivity index is 2.70. The second-order valence-corrected chi connectivity index (χ2v) is 6.14. The summed E-state index contributed by atoms with van der Waals surface area (Å²) in [5.74, 6) is 0.540. The van der Waals surface area contributed by atoms with Crippen LogP contribution in [0.3, 0.4) is 0 Å². The van der Waals surface area contributed by atoms with E-state index < -0.39 is 0 Å². The van der Waals surface area contributed by atoms with Gasteiger partial charge in [0.1, 0.15) is 0 Å². The quantitative estimate of drug-likeness (QED) is 0.793. The number of nitrogens with one attached hydrogen (secondary N) is 1. The normalized spacial score (nSPS) is 12.8. The molecule has 1 aromatic heterocycles. The predicted molar refractivity (Wildman–Crippen MR) is 78.2 cm³/mol. The molecular weight excluding hydrogens is 298 g/mol. The number of hydrogen-bond donors (Lipinski definition) is 1. The molecule has 1 aromatic rings. The van der Waals surface area contributed by atoms with Gasteiger partial charge in [-0.1, -0.05) is 36.7 Å². The van der Waals surface area contributed by atoms with Crippen LogP contribution >= 0.6 is 27.3 Å². The Morgan fingerprint density at radius 3 is 2.76 bits per heavy atom. The molecule has 17 heavy (non-hydrogen) atoms. The second kappa shape index (κ2) is 7.17. The molecule has 1 N–H and O–H groups in total. The van der Waals surface area contributed by atoms with Crippen molar-refractivity contribution in [2.75, 3.05) is 5.33 Å². The molecule has 0 aromatic carbocycles. The van der Waals surface area contributed by atoms with Crippen molar-refractivity contribution < 1.29 is 4.79 Å². The van der Waals surface area contributed by atoms with E-state index in [0.717, 1.165) is 28.6 Å². The van der Waals surface area contributed by atoms with E-state index in [2.05, 4.69) is 42.0 Å². The van der Waals surface area contributed by atoms with E-state index in [-0.39, 0.29) is 11.9 Å². The molecule has 0 aliphatic carbocycles. The van der Waals surface area contributed by atoms with E-state index in [1.165, 1.54) is 11.3 Å². The lowest BCUT2D eigenvalue weighted by Gasteiger charge is -2.21. The SMILES string of the molecule is CCc1ccsc1C(=O)NC(CCBr)C(C)C. The van der Waals surface area contributed by atoms with E-state index in [1.54, 1.807) is 0 Å². The highest BCUT2D eigenvalue weighted by atomic mass is 79.9. The minimum absolute atomic E-state index is 0.0801. The summed E-state index contributed by atoms with van der Waals surface area (Å²) in [4.78, 5) is 13.0. The molecule has 4 heteroatoms. The monoisotopic (exact) mass is 317 g/mol. The molecule has 96 valence electrons. The van der Waals surface area contributed by atoms with Crippen LogP contribution in [0.25, 0.3) is 0 Å².